The molecule has 0 radical (unpaired) electrons. The molecule has 0 aromatic heterocycles. The molecule has 0 saturated heterocycles. The van der Waals surface area contributed by atoms with Gasteiger partial charge in [0.15, 0.2) is 0 Å². The molecule has 92 valence electrons. The lowest BCUT2D eigenvalue weighted by Crippen LogP contribution is -2.49. The van der Waals surface area contributed by atoms with E-state index in [0.717, 1.165) is 37.5 Å². The molecular weight excluding hydrogens is 196 g/mol. The lowest BCUT2D eigenvalue weighted by molar-refractivity contribution is -0.0963. The monoisotopic (exact) mass is 222 g/mol. The van der Waals surface area contributed by atoms with E-state index in [2.05, 4.69) is 27.4 Å². The summed E-state index contributed by atoms with van der Waals surface area (Å²) in [6.45, 7) is 10.9. The molecule has 0 amide bonds. The zero-order chi connectivity index (χ0) is 11.9. The maximum atomic E-state index is 10.5. The third kappa shape index (κ3) is 2.07. The largest absolute Gasteiger partial charge is 0.390 e. The zero-order valence-electron chi connectivity index (χ0n) is 11.0. The molecule has 0 spiro atoms. The van der Waals surface area contributed by atoms with Gasteiger partial charge in [-0.05, 0) is 62.7 Å². The number of hydrogen-bond acceptors (Lipinski definition) is 1. The van der Waals surface area contributed by atoms with Gasteiger partial charge in [-0.2, -0.15) is 0 Å². The van der Waals surface area contributed by atoms with Gasteiger partial charge in [-0.3, -0.25) is 0 Å². The molecule has 1 N–H and O–H groups in total. The summed E-state index contributed by atoms with van der Waals surface area (Å²) in [6.07, 6.45) is 5.62. The van der Waals surface area contributed by atoms with Crippen LogP contribution in [0.5, 0.6) is 0 Å². The number of allylic oxidation sites excluding steroid dienone is 1. The Bertz CT molecular complexity index is 277. The van der Waals surface area contributed by atoms with Crippen LogP contribution in [0, 0.1) is 23.7 Å². The molecule has 0 unspecified atom stereocenters. The molecule has 0 aromatic rings. The normalized spacial score (nSPS) is 44.6. The first-order valence-corrected chi connectivity index (χ1v) is 6.81. The molecule has 16 heavy (non-hydrogen) atoms. The predicted octanol–water partition coefficient (Wildman–Crippen LogP) is 3.78. The van der Waals surface area contributed by atoms with E-state index in [-0.39, 0.29) is 0 Å². The Balaban J connectivity index is 2.21. The number of aliphatic hydroxyl groups is 1. The molecule has 1 heteroatoms. The van der Waals surface area contributed by atoms with Gasteiger partial charge in [0.05, 0.1) is 5.60 Å². The van der Waals surface area contributed by atoms with Crippen LogP contribution in [-0.4, -0.2) is 10.7 Å². The van der Waals surface area contributed by atoms with Crippen molar-refractivity contribution in [3.63, 3.8) is 0 Å². The Labute approximate surface area is 99.9 Å². The van der Waals surface area contributed by atoms with Gasteiger partial charge < -0.3 is 5.11 Å². The van der Waals surface area contributed by atoms with Gasteiger partial charge in [-0.15, -0.1) is 0 Å². The standard InChI is InChI=1S/C15H26O/c1-10(2)12-7-8-15(4,16)14-6-5-11(3)9-13(12)14/h10,12-14,16H,3,5-9H2,1-2,4H3/t12-,13-,14+,15-/m0/s1. The minimum absolute atomic E-state index is 0.420. The van der Waals surface area contributed by atoms with E-state index in [9.17, 15) is 5.11 Å². The van der Waals surface area contributed by atoms with Gasteiger partial charge in [-0.25, -0.2) is 0 Å². The fourth-order valence-corrected chi connectivity index (χ4v) is 4.06. The maximum absolute atomic E-state index is 10.5. The predicted molar refractivity (Wildman–Crippen MR) is 68.2 cm³/mol. The van der Waals surface area contributed by atoms with Crippen LogP contribution in [0.2, 0.25) is 0 Å². The van der Waals surface area contributed by atoms with Crippen LogP contribution < -0.4 is 0 Å². The first-order valence-electron chi connectivity index (χ1n) is 6.81. The topological polar surface area (TPSA) is 20.2 Å². The maximum Gasteiger partial charge on any atom is 0.0650 e. The first kappa shape index (κ1) is 12.2. The van der Waals surface area contributed by atoms with Crippen molar-refractivity contribution in [1.82, 2.24) is 0 Å². The van der Waals surface area contributed by atoms with Crippen molar-refractivity contribution in [3.05, 3.63) is 12.2 Å². The highest BCUT2D eigenvalue weighted by molar-refractivity contribution is 5.08. The molecule has 2 aliphatic rings. The van der Waals surface area contributed by atoms with Gasteiger partial charge in [0.2, 0.25) is 0 Å². The van der Waals surface area contributed by atoms with Crippen LogP contribution in [0.3, 0.4) is 0 Å². The van der Waals surface area contributed by atoms with Crippen LogP contribution in [0.1, 0.15) is 52.9 Å². The lowest BCUT2D eigenvalue weighted by atomic mass is 9.57. The molecule has 2 fully saturated rings. The Morgan fingerprint density at radius 2 is 2.06 bits per heavy atom. The molecule has 2 aliphatic carbocycles. The molecule has 4 atom stereocenters. The minimum atomic E-state index is -0.420. The van der Waals surface area contributed by atoms with Crippen LogP contribution in [-0.2, 0) is 0 Å². The third-order valence-electron chi connectivity index (χ3n) is 5.04. The van der Waals surface area contributed by atoms with Gasteiger partial charge in [0.1, 0.15) is 0 Å². The fraction of sp³-hybridized carbons (Fsp3) is 0.867. The highest BCUT2D eigenvalue weighted by atomic mass is 16.3. The summed E-state index contributed by atoms with van der Waals surface area (Å²) in [7, 11) is 0. The van der Waals surface area contributed by atoms with Crippen LogP contribution in [0.4, 0.5) is 0 Å². The molecule has 0 bridgehead atoms. The van der Waals surface area contributed by atoms with Crippen LogP contribution in [0.15, 0.2) is 12.2 Å². The summed E-state index contributed by atoms with van der Waals surface area (Å²) < 4.78 is 0. The molecule has 0 aliphatic heterocycles. The second-order valence-electron chi connectivity index (χ2n) is 6.57. The molecule has 0 heterocycles. The minimum Gasteiger partial charge on any atom is -0.390 e. The highest BCUT2D eigenvalue weighted by Gasteiger charge is 2.47. The summed E-state index contributed by atoms with van der Waals surface area (Å²) >= 11 is 0. The van der Waals surface area contributed by atoms with Crippen LogP contribution in [0.25, 0.3) is 0 Å². The molecule has 1 nitrogen and oxygen atoms in total. The van der Waals surface area contributed by atoms with Crippen molar-refractivity contribution < 1.29 is 5.11 Å². The number of rotatable bonds is 1. The van der Waals surface area contributed by atoms with E-state index in [1.54, 1.807) is 0 Å². The van der Waals surface area contributed by atoms with Gasteiger partial charge in [0.25, 0.3) is 0 Å². The molecule has 2 saturated carbocycles. The van der Waals surface area contributed by atoms with Gasteiger partial charge in [0, 0.05) is 0 Å². The van der Waals surface area contributed by atoms with Crippen molar-refractivity contribution >= 4 is 0 Å². The Morgan fingerprint density at radius 3 is 2.69 bits per heavy atom. The zero-order valence-corrected chi connectivity index (χ0v) is 11.0. The summed E-state index contributed by atoms with van der Waals surface area (Å²) in [6, 6.07) is 0. The summed E-state index contributed by atoms with van der Waals surface area (Å²) in [4.78, 5) is 0. The van der Waals surface area contributed by atoms with Crippen LogP contribution >= 0.6 is 0 Å². The molecular formula is C15H26O. The summed E-state index contributed by atoms with van der Waals surface area (Å²) in [5.74, 6) is 2.74. The summed E-state index contributed by atoms with van der Waals surface area (Å²) in [5.41, 5.74) is 0.987. The third-order valence-corrected chi connectivity index (χ3v) is 5.04. The van der Waals surface area contributed by atoms with Crippen molar-refractivity contribution in [1.29, 1.82) is 0 Å². The van der Waals surface area contributed by atoms with E-state index >= 15 is 0 Å². The average molecular weight is 222 g/mol. The van der Waals surface area contributed by atoms with Crippen molar-refractivity contribution in [3.8, 4) is 0 Å². The number of fused-ring (bicyclic) bond motifs is 1. The van der Waals surface area contributed by atoms with Crippen molar-refractivity contribution in [2.75, 3.05) is 0 Å². The van der Waals surface area contributed by atoms with Crippen molar-refractivity contribution in [2.45, 2.75) is 58.5 Å². The van der Waals surface area contributed by atoms with E-state index in [0.29, 0.717) is 11.8 Å². The average Bonchev–Trinajstić information content (AvgIpc) is 2.16. The highest BCUT2D eigenvalue weighted by Crippen LogP contribution is 2.51. The van der Waals surface area contributed by atoms with E-state index < -0.39 is 5.60 Å². The van der Waals surface area contributed by atoms with E-state index in [1.807, 2.05) is 0 Å². The van der Waals surface area contributed by atoms with Gasteiger partial charge in [-0.1, -0.05) is 26.0 Å². The Hall–Kier alpha value is -0.300. The quantitative estimate of drug-likeness (QED) is 0.669. The fourth-order valence-electron chi connectivity index (χ4n) is 4.06. The van der Waals surface area contributed by atoms with Crippen molar-refractivity contribution in [2.24, 2.45) is 23.7 Å². The number of hydrogen-bond donors (Lipinski definition) is 1. The Kier molecular flexibility index (Phi) is 3.18. The van der Waals surface area contributed by atoms with Gasteiger partial charge >= 0.3 is 0 Å². The van der Waals surface area contributed by atoms with E-state index in [4.69, 9.17) is 0 Å². The molecule has 0 aromatic carbocycles. The molecule has 2 rings (SSSR count). The lowest BCUT2D eigenvalue weighted by Gasteiger charge is -2.51. The Morgan fingerprint density at radius 1 is 1.38 bits per heavy atom. The SMILES string of the molecule is C=C1CC[C@@H]2[C@@H](C1)[C@H](C(C)C)CC[C@]2(C)O. The van der Waals surface area contributed by atoms with E-state index in [1.165, 1.54) is 12.0 Å². The second kappa shape index (κ2) is 4.18. The summed E-state index contributed by atoms with van der Waals surface area (Å²) in [5, 5.41) is 10.5. The smallest absolute Gasteiger partial charge is 0.0650 e. The first-order chi connectivity index (χ1) is 7.42. The second-order valence-corrected chi connectivity index (χ2v) is 6.57.